The smallest absolute Gasteiger partial charge is 0.208 e. The lowest BCUT2D eigenvalue weighted by molar-refractivity contribution is 0.122. The van der Waals surface area contributed by atoms with Crippen LogP contribution in [-0.4, -0.2) is 61.0 Å². The molecule has 0 spiro atoms. The predicted octanol–water partition coefficient (Wildman–Crippen LogP) is 4.85. The van der Waals surface area contributed by atoms with Crippen LogP contribution in [0.15, 0.2) is 42.6 Å². The van der Waals surface area contributed by atoms with E-state index in [1.54, 1.807) is 4.68 Å². The first kappa shape index (κ1) is 25.1. The maximum absolute atomic E-state index is 6.20. The summed E-state index contributed by atoms with van der Waals surface area (Å²) in [5.74, 6) is 8.26. The number of anilines is 1. The second-order valence-electron chi connectivity index (χ2n) is 10.4. The van der Waals surface area contributed by atoms with Gasteiger partial charge in [0.25, 0.3) is 0 Å². The summed E-state index contributed by atoms with van der Waals surface area (Å²) in [6, 6.07) is 12.3. The van der Waals surface area contributed by atoms with Gasteiger partial charge in [0, 0.05) is 30.9 Å². The molecule has 1 saturated heterocycles. The summed E-state index contributed by atoms with van der Waals surface area (Å²) in [6.07, 6.45) is 1.93. The van der Waals surface area contributed by atoms with Gasteiger partial charge in [0.05, 0.1) is 25.5 Å². The lowest BCUT2D eigenvalue weighted by Gasteiger charge is -2.35. The fourth-order valence-electron chi connectivity index (χ4n) is 3.51. The van der Waals surface area contributed by atoms with Crippen molar-refractivity contribution in [1.82, 2.24) is 19.7 Å². The number of morpholine rings is 1. The number of aryl methyl sites for hydroxylation is 1. The van der Waals surface area contributed by atoms with Gasteiger partial charge in [0.1, 0.15) is 5.82 Å². The zero-order chi connectivity index (χ0) is 25.1. The van der Waals surface area contributed by atoms with Crippen LogP contribution in [0.4, 0.5) is 5.82 Å². The third-order valence-corrected chi connectivity index (χ3v) is 11.2. The van der Waals surface area contributed by atoms with E-state index < -0.39 is 8.32 Å². The Morgan fingerprint density at radius 3 is 2.51 bits per heavy atom. The SMILES string of the molecule is Cc1cccc(-c2ccn(-c3cc(N4CCOCC4)nc(C#CCO[Si](C)(C)C(C)(C)C)n3)n2)c1. The lowest BCUT2D eigenvalue weighted by atomic mass is 10.1. The summed E-state index contributed by atoms with van der Waals surface area (Å²) in [4.78, 5) is 11.7. The molecule has 1 fully saturated rings. The van der Waals surface area contributed by atoms with Crippen molar-refractivity contribution < 1.29 is 9.16 Å². The molecule has 0 aliphatic carbocycles. The molecule has 35 heavy (non-hydrogen) atoms. The normalized spacial score (nSPS) is 14.5. The van der Waals surface area contributed by atoms with Gasteiger partial charge in [-0.25, -0.2) is 14.6 Å². The van der Waals surface area contributed by atoms with Gasteiger partial charge < -0.3 is 14.1 Å². The average molecular weight is 490 g/mol. The van der Waals surface area contributed by atoms with E-state index in [1.165, 1.54) is 5.56 Å². The zero-order valence-electron chi connectivity index (χ0n) is 21.6. The van der Waals surface area contributed by atoms with Crippen molar-refractivity contribution in [2.24, 2.45) is 0 Å². The van der Waals surface area contributed by atoms with E-state index in [2.05, 4.69) is 75.7 Å². The van der Waals surface area contributed by atoms with E-state index in [-0.39, 0.29) is 5.04 Å². The first-order chi connectivity index (χ1) is 16.6. The third kappa shape index (κ3) is 6.17. The maximum Gasteiger partial charge on any atom is 0.208 e. The summed E-state index contributed by atoms with van der Waals surface area (Å²) in [5.41, 5.74) is 3.18. The largest absolute Gasteiger partial charge is 0.406 e. The minimum absolute atomic E-state index is 0.143. The summed E-state index contributed by atoms with van der Waals surface area (Å²) in [6.45, 7) is 16.5. The molecule has 0 saturated carbocycles. The first-order valence-electron chi connectivity index (χ1n) is 12.1. The van der Waals surface area contributed by atoms with Gasteiger partial charge in [-0.2, -0.15) is 5.10 Å². The van der Waals surface area contributed by atoms with Crippen molar-refractivity contribution in [2.45, 2.75) is 45.8 Å². The summed E-state index contributed by atoms with van der Waals surface area (Å²) in [5, 5.41) is 4.93. The number of hydrogen-bond donors (Lipinski definition) is 0. The Kier molecular flexibility index (Phi) is 7.41. The molecular formula is C27H35N5O2Si. The third-order valence-electron chi connectivity index (χ3n) is 6.68. The number of aromatic nitrogens is 4. The standard InChI is InChI=1S/C27H35N5O2Si/c1-21-9-7-10-22(19-21)23-12-13-32(30-23)26-20-25(31-14-17-33-18-15-31)28-24(29-26)11-8-16-34-35(5,6)27(2,3)4/h7,9-10,12-13,19-20H,14-18H2,1-6H3. The second-order valence-corrected chi connectivity index (χ2v) is 15.2. The Labute approximate surface area is 209 Å². The van der Waals surface area contributed by atoms with Gasteiger partial charge in [-0.1, -0.05) is 50.5 Å². The molecule has 0 unspecified atom stereocenters. The fraction of sp³-hybridized carbons (Fsp3) is 0.444. The highest BCUT2D eigenvalue weighted by Crippen LogP contribution is 2.36. The van der Waals surface area contributed by atoms with Gasteiger partial charge in [-0.15, -0.1) is 0 Å². The molecule has 2 aromatic heterocycles. The topological polar surface area (TPSA) is 65.3 Å². The molecule has 0 amide bonds. The van der Waals surface area contributed by atoms with Crippen LogP contribution in [0.3, 0.4) is 0 Å². The van der Waals surface area contributed by atoms with E-state index in [1.807, 2.05) is 24.4 Å². The quantitative estimate of drug-likeness (QED) is 0.377. The van der Waals surface area contributed by atoms with Crippen molar-refractivity contribution in [1.29, 1.82) is 0 Å². The van der Waals surface area contributed by atoms with Gasteiger partial charge >= 0.3 is 0 Å². The van der Waals surface area contributed by atoms with Crippen LogP contribution in [0, 0.1) is 18.8 Å². The number of nitrogens with zero attached hydrogens (tertiary/aromatic N) is 5. The van der Waals surface area contributed by atoms with Crippen molar-refractivity contribution >= 4 is 14.1 Å². The number of benzene rings is 1. The molecule has 4 rings (SSSR count). The molecule has 1 aliphatic heterocycles. The minimum atomic E-state index is -1.86. The summed E-state index contributed by atoms with van der Waals surface area (Å²) < 4.78 is 13.5. The molecule has 0 atom stereocenters. The summed E-state index contributed by atoms with van der Waals surface area (Å²) in [7, 11) is -1.86. The molecule has 8 heteroatoms. The molecule has 0 N–H and O–H groups in total. The average Bonchev–Trinajstić information content (AvgIpc) is 3.32. The van der Waals surface area contributed by atoms with Gasteiger partial charge in [-0.3, -0.25) is 0 Å². The Hall–Kier alpha value is -2.99. The van der Waals surface area contributed by atoms with E-state index >= 15 is 0 Å². The number of hydrogen-bond acceptors (Lipinski definition) is 6. The Balaban J connectivity index is 1.62. The number of ether oxygens (including phenoxy) is 1. The first-order valence-corrected chi connectivity index (χ1v) is 15.0. The van der Waals surface area contributed by atoms with Gasteiger partial charge in [-0.05, 0) is 43.1 Å². The highest BCUT2D eigenvalue weighted by molar-refractivity contribution is 6.74. The molecule has 3 heterocycles. The molecule has 7 nitrogen and oxygen atoms in total. The molecule has 1 aliphatic rings. The van der Waals surface area contributed by atoms with Gasteiger partial charge in [0.15, 0.2) is 14.1 Å². The second kappa shape index (κ2) is 10.3. The highest BCUT2D eigenvalue weighted by Gasteiger charge is 2.36. The fourth-order valence-corrected chi connectivity index (χ4v) is 4.37. The molecular weight excluding hydrogens is 454 g/mol. The zero-order valence-corrected chi connectivity index (χ0v) is 22.6. The van der Waals surface area contributed by atoms with Crippen molar-refractivity contribution in [3.63, 3.8) is 0 Å². The van der Waals surface area contributed by atoms with Crippen LogP contribution >= 0.6 is 0 Å². The Morgan fingerprint density at radius 2 is 1.80 bits per heavy atom. The van der Waals surface area contributed by atoms with E-state index in [0.717, 1.165) is 30.2 Å². The maximum atomic E-state index is 6.20. The van der Waals surface area contributed by atoms with Crippen LogP contribution in [0.25, 0.3) is 17.1 Å². The van der Waals surface area contributed by atoms with Crippen LogP contribution in [-0.2, 0) is 9.16 Å². The number of rotatable bonds is 5. The Bertz CT molecular complexity index is 1230. The monoisotopic (exact) mass is 489 g/mol. The van der Waals surface area contributed by atoms with Crippen molar-refractivity contribution in [3.8, 4) is 28.9 Å². The minimum Gasteiger partial charge on any atom is -0.406 e. The highest BCUT2D eigenvalue weighted by atomic mass is 28.4. The Morgan fingerprint density at radius 1 is 1.06 bits per heavy atom. The van der Waals surface area contributed by atoms with Crippen LogP contribution < -0.4 is 4.90 Å². The van der Waals surface area contributed by atoms with Crippen molar-refractivity contribution in [3.05, 3.63) is 54.0 Å². The molecule has 0 radical (unpaired) electrons. The summed E-state index contributed by atoms with van der Waals surface area (Å²) >= 11 is 0. The van der Waals surface area contributed by atoms with E-state index in [0.29, 0.717) is 31.5 Å². The predicted molar refractivity (Wildman–Crippen MR) is 142 cm³/mol. The van der Waals surface area contributed by atoms with E-state index in [9.17, 15) is 0 Å². The van der Waals surface area contributed by atoms with Crippen molar-refractivity contribution in [2.75, 3.05) is 37.8 Å². The lowest BCUT2D eigenvalue weighted by Crippen LogP contribution is -2.40. The van der Waals surface area contributed by atoms with Crippen LogP contribution in [0.1, 0.15) is 32.2 Å². The molecule has 184 valence electrons. The molecule has 1 aromatic carbocycles. The van der Waals surface area contributed by atoms with Gasteiger partial charge in [0.2, 0.25) is 5.82 Å². The van der Waals surface area contributed by atoms with Crippen LogP contribution in [0.2, 0.25) is 18.1 Å². The molecule has 0 bridgehead atoms. The molecule has 3 aromatic rings. The van der Waals surface area contributed by atoms with Crippen LogP contribution in [0.5, 0.6) is 0 Å². The van der Waals surface area contributed by atoms with E-state index in [4.69, 9.17) is 24.2 Å².